The summed E-state index contributed by atoms with van der Waals surface area (Å²) in [7, 11) is 0. The highest BCUT2D eigenvalue weighted by atomic mass is 16.5. The lowest BCUT2D eigenvalue weighted by atomic mass is 10.0. The number of hydrogen-bond acceptors (Lipinski definition) is 5. The third kappa shape index (κ3) is 4.80. The van der Waals surface area contributed by atoms with Gasteiger partial charge in [-0.25, -0.2) is 4.79 Å². The molecular formula is C25H18N2O4. The van der Waals surface area contributed by atoms with Crippen LogP contribution in [-0.4, -0.2) is 12.5 Å². The Balaban J connectivity index is 1.47. The van der Waals surface area contributed by atoms with Gasteiger partial charge in [0.25, 0.3) is 5.91 Å². The van der Waals surface area contributed by atoms with Crippen LogP contribution < -0.4 is 15.7 Å². The fraction of sp³-hybridized carbons (Fsp3) is 0.0800. The number of anilines is 1. The number of ether oxygens (including phenoxy) is 1. The van der Waals surface area contributed by atoms with Crippen molar-refractivity contribution in [1.29, 1.82) is 5.26 Å². The standard InChI is InChI=1S/C25H18N2O4/c26-13-12-17-6-8-19(9-7-17)27-24(28)16-30-20-10-11-21-22(18-4-2-1-3-5-18)15-25(29)31-23(21)14-20/h1-11,14-15H,12,16H2,(H,27,28). The van der Waals surface area contributed by atoms with Crippen LogP contribution in [0.15, 0.2) is 88.1 Å². The number of amides is 1. The predicted molar refractivity (Wildman–Crippen MR) is 118 cm³/mol. The molecule has 1 heterocycles. The molecule has 0 aliphatic carbocycles. The zero-order valence-corrected chi connectivity index (χ0v) is 16.5. The van der Waals surface area contributed by atoms with Crippen molar-refractivity contribution < 1.29 is 13.9 Å². The van der Waals surface area contributed by atoms with E-state index in [-0.39, 0.29) is 12.5 Å². The highest BCUT2D eigenvalue weighted by Crippen LogP contribution is 2.29. The second kappa shape index (κ2) is 8.97. The predicted octanol–water partition coefficient (Wildman–Crippen LogP) is 4.54. The quantitative estimate of drug-likeness (QED) is 0.471. The molecule has 31 heavy (non-hydrogen) atoms. The highest BCUT2D eigenvalue weighted by molar-refractivity contribution is 5.94. The summed E-state index contributed by atoms with van der Waals surface area (Å²) in [5.41, 5.74) is 3.11. The molecule has 0 atom stereocenters. The summed E-state index contributed by atoms with van der Waals surface area (Å²) >= 11 is 0. The number of rotatable bonds is 6. The van der Waals surface area contributed by atoms with Gasteiger partial charge in [0, 0.05) is 23.2 Å². The average Bonchev–Trinajstić information content (AvgIpc) is 2.79. The Labute approximate surface area is 178 Å². The topological polar surface area (TPSA) is 92.3 Å². The first-order chi connectivity index (χ1) is 15.1. The lowest BCUT2D eigenvalue weighted by Crippen LogP contribution is -2.20. The van der Waals surface area contributed by atoms with Crippen molar-refractivity contribution in [1.82, 2.24) is 0 Å². The van der Waals surface area contributed by atoms with Gasteiger partial charge in [0.1, 0.15) is 11.3 Å². The van der Waals surface area contributed by atoms with Crippen molar-refractivity contribution in [2.45, 2.75) is 6.42 Å². The SMILES string of the molecule is N#CCc1ccc(NC(=O)COc2ccc3c(-c4ccccc4)cc(=O)oc3c2)cc1. The van der Waals surface area contributed by atoms with Crippen molar-refractivity contribution >= 4 is 22.6 Å². The Kier molecular flexibility index (Phi) is 5.77. The Morgan fingerprint density at radius 1 is 1.00 bits per heavy atom. The number of nitrogens with one attached hydrogen (secondary N) is 1. The van der Waals surface area contributed by atoms with Crippen molar-refractivity contribution in [2.75, 3.05) is 11.9 Å². The molecule has 152 valence electrons. The molecule has 0 saturated heterocycles. The van der Waals surface area contributed by atoms with Crippen LogP contribution in [0.3, 0.4) is 0 Å². The summed E-state index contributed by atoms with van der Waals surface area (Å²) in [5.74, 6) is 0.0907. The molecule has 0 aliphatic heterocycles. The van der Waals surface area contributed by atoms with Crippen LogP contribution in [0.5, 0.6) is 5.75 Å². The summed E-state index contributed by atoms with van der Waals surface area (Å²) in [6, 6.07) is 25.3. The second-order valence-electron chi connectivity index (χ2n) is 6.87. The third-order valence-corrected chi connectivity index (χ3v) is 4.69. The average molecular weight is 410 g/mol. The van der Waals surface area contributed by atoms with Crippen LogP contribution in [0.25, 0.3) is 22.1 Å². The van der Waals surface area contributed by atoms with Gasteiger partial charge >= 0.3 is 5.63 Å². The van der Waals surface area contributed by atoms with Crippen LogP contribution in [0.2, 0.25) is 0 Å². The fourth-order valence-electron chi connectivity index (χ4n) is 3.23. The summed E-state index contributed by atoms with van der Waals surface area (Å²) < 4.78 is 10.9. The highest BCUT2D eigenvalue weighted by Gasteiger charge is 2.10. The molecule has 0 unspecified atom stereocenters. The van der Waals surface area contributed by atoms with Gasteiger partial charge in [-0.3, -0.25) is 4.79 Å². The molecule has 4 rings (SSSR count). The minimum absolute atomic E-state index is 0.200. The van der Waals surface area contributed by atoms with E-state index in [0.717, 1.165) is 22.1 Å². The number of nitriles is 1. The van der Waals surface area contributed by atoms with Gasteiger partial charge in [0.2, 0.25) is 0 Å². The van der Waals surface area contributed by atoms with Crippen molar-refractivity contribution in [3.05, 3.63) is 94.8 Å². The molecule has 3 aromatic carbocycles. The van der Waals surface area contributed by atoms with Crippen LogP contribution in [0.4, 0.5) is 5.69 Å². The maximum Gasteiger partial charge on any atom is 0.336 e. The molecule has 0 aliphatic rings. The first kappa shape index (κ1) is 19.9. The Morgan fingerprint density at radius 3 is 2.52 bits per heavy atom. The smallest absolute Gasteiger partial charge is 0.336 e. The van der Waals surface area contributed by atoms with Crippen molar-refractivity contribution in [3.8, 4) is 22.9 Å². The molecule has 1 amide bonds. The van der Waals surface area contributed by atoms with Crippen LogP contribution in [0.1, 0.15) is 5.56 Å². The van der Waals surface area contributed by atoms with Gasteiger partial charge in [-0.2, -0.15) is 5.26 Å². The van der Waals surface area contributed by atoms with Crippen LogP contribution >= 0.6 is 0 Å². The first-order valence-corrected chi connectivity index (χ1v) is 9.64. The maximum absolute atomic E-state index is 12.2. The molecule has 0 fully saturated rings. The molecule has 1 aromatic heterocycles. The van der Waals surface area contributed by atoms with Gasteiger partial charge < -0.3 is 14.5 Å². The monoisotopic (exact) mass is 410 g/mol. The molecule has 1 N–H and O–H groups in total. The van der Waals surface area contributed by atoms with E-state index in [1.807, 2.05) is 36.4 Å². The largest absolute Gasteiger partial charge is 0.484 e. The lowest BCUT2D eigenvalue weighted by molar-refractivity contribution is -0.118. The van der Waals surface area contributed by atoms with E-state index in [4.69, 9.17) is 14.4 Å². The Morgan fingerprint density at radius 2 is 1.77 bits per heavy atom. The van der Waals surface area contributed by atoms with E-state index in [0.29, 0.717) is 23.4 Å². The molecule has 4 aromatic rings. The van der Waals surface area contributed by atoms with Gasteiger partial charge in [-0.15, -0.1) is 0 Å². The number of nitrogens with zero attached hydrogens (tertiary/aromatic N) is 1. The zero-order valence-electron chi connectivity index (χ0n) is 16.5. The molecule has 0 spiro atoms. The number of fused-ring (bicyclic) bond motifs is 1. The minimum Gasteiger partial charge on any atom is -0.484 e. The summed E-state index contributed by atoms with van der Waals surface area (Å²) in [4.78, 5) is 24.2. The number of carbonyl (C=O) groups is 1. The molecule has 0 bridgehead atoms. The van der Waals surface area contributed by atoms with Gasteiger partial charge in [-0.05, 0) is 41.0 Å². The van der Waals surface area contributed by atoms with E-state index in [2.05, 4.69) is 11.4 Å². The molecule has 0 radical (unpaired) electrons. The first-order valence-electron chi connectivity index (χ1n) is 9.64. The summed E-state index contributed by atoms with van der Waals surface area (Å²) in [6.45, 7) is -0.200. The van der Waals surface area contributed by atoms with E-state index in [9.17, 15) is 9.59 Å². The third-order valence-electron chi connectivity index (χ3n) is 4.69. The van der Waals surface area contributed by atoms with Crippen LogP contribution in [-0.2, 0) is 11.2 Å². The normalized spacial score (nSPS) is 10.4. The molecule has 0 saturated carbocycles. The summed E-state index contributed by atoms with van der Waals surface area (Å²) in [6.07, 6.45) is 0.321. The van der Waals surface area contributed by atoms with E-state index in [1.54, 1.807) is 36.4 Å². The van der Waals surface area contributed by atoms with Gasteiger partial charge in [0.15, 0.2) is 6.61 Å². The van der Waals surface area contributed by atoms with Crippen molar-refractivity contribution in [2.24, 2.45) is 0 Å². The maximum atomic E-state index is 12.2. The number of carbonyl (C=O) groups excluding carboxylic acids is 1. The molecule has 6 heteroatoms. The van der Waals surface area contributed by atoms with E-state index < -0.39 is 5.63 Å². The summed E-state index contributed by atoms with van der Waals surface area (Å²) in [5, 5.41) is 12.2. The Hall–Kier alpha value is -4.37. The van der Waals surface area contributed by atoms with Crippen LogP contribution in [0, 0.1) is 11.3 Å². The second-order valence-corrected chi connectivity index (χ2v) is 6.87. The van der Waals surface area contributed by atoms with Gasteiger partial charge in [0.05, 0.1) is 12.5 Å². The minimum atomic E-state index is -0.457. The lowest BCUT2D eigenvalue weighted by Gasteiger charge is -2.10. The van der Waals surface area contributed by atoms with E-state index in [1.165, 1.54) is 6.07 Å². The molecular weight excluding hydrogens is 392 g/mol. The number of hydrogen-bond donors (Lipinski definition) is 1. The zero-order chi connectivity index (χ0) is 21.6. The Bertz CT molecular complexity index is 1320. The fourth-order valence-corrected chi connectivity index (χ4v) is 3.23. The number of benzene rings is 3. The van der Waals surface area contributed by atoms with Crippen molar-refractivity contribution in [3.63, 3.8) is 0 Å². The molecule has 6 nitrogen and oxygen atoms in total. The van der Waals surface area contributed by atoms with E-state index >= 15 is 0 Å². The van der Waals surface area contributed by atoms with Gasteiger partial charge in [-0.1, -0.05) is 42.5 Å².